The van der Waals surface area contributed by atoms with Crippen LogP contribution in [-0.4, -0.2) is 42.4 Å². The Bertz CT molecular complexity index is 508. The highest BCUT2D eigenvalue weighted by Gasteiger charge is 2.41. The van der Waals surface area contributed by atoms with E-state index in [1.54, 1.807) is 0 Å². The number of hydrogen-bond acceptors (Lipinski definition) is 3. The van der Waals surface area contributed by atoms with Crippen LogP contribution in [0, 0.1) is 17.0 Å². The molecule has 0 atom stereocenters. The van der Waals surface area contributed by atoms with Crippen LogP contribution in [-0.2, 0) is 11.3 Å². The van der Waals surface area contributed by atoms with Crippen LogP contribution < -0.4 is 0 Å². The average molecular weight is 311 g/mol. The maximum absolute atomic E-state index is 14.0. The quantitative estimate of drug-likeness (QED) is 0.877. The topological polar surface area (TPSA) is 32.7 Å². The molecule has 1 N–H and O–H groups in total. The Hall–Kier alpha value is -1.04. The lowest BCUT2D eigenvalue weighted by molar-refractivity contribution is -0.152. The molecule has 22 heavy (non-hydrogen) atoms. The van der Waals surface area contributed by atoms with Gasteiger partial charge < -0.3 is 9.84 Å². The summed E-state index contributed by atoms with van der Waals surface area (Å²) in [5.41, 5.74) is 0.145. The third kappa shape index (κ3) is 3.31. The predicted molar refractivity (Wildman–Crippen MR) is 79.4 cm³/mol. The summed E-state index contributed by atoms with van der Waals surface area (Å²) in [4.78, 5) is 2.21. The number of halogens is 2. The van der Waals surface area contributed by atoms with Gasteiger partial charge in [-0.3, -0.25) is 4.90 Å². The smallest absolute Gasteiger partial charge is 0.127 e. The first kappa shape index (κ1) is 15.8. The second-order valence-corrected chi connectivity index (χ2v) is 6.73. The van der Waals surface area contributed by atoms with Crippen molar-refractivity contribution in [3.8, 4) is 0 Å². The Morgan fingerprint density at radius 2 is 1.95 bits per heavy atom. The largest absolute Gasteiger partial charge is 0.396 e. The summed E-state index contributed by atoms with van der Waals surface area (Å²) in [6.45, 7) is 2.21. The van der Waals surface area contributed by atoms with E-state index in [1.165, 1.54) is 25.0 Å². The molecule has 0 radical (unpaired) electrons. The minimum absolute atomic E-state index is 0.0713. The molecule has 1 aromatic rings. The van der Waals surface area contributed by atoms with Crippen molar-refractivity contribution in [2.45, 2.75) is 38.3 Å². The molecule has 5 heteroatoms. The Morgan fingerprint density at radius 3 is 2.55 bits per heavy atom. The summed E-state index contributed by atoms with van der Waals surface area (Å²) in [7, 11) is 0. The summed E-state index contributed by atoms with van der Waals surface area (Å²) >= 11 is 0. The molecule has 3 nitrogen and oxygen atoms in total. The summed E-state index contributed by atoms with van der Waals surface area (Å²) in [6.07, 6.45) is 4.52. The molecular weight excluding hydrogens is 288 g/mol. The van der Waals surface area contributed by atoms with Crippen molar-refractivity contribution in [3.05, 3.63) is 35.4 Å². The van der Waals surface area contributed by atoms with E-state index >= 15 is 0 Å². The lowest BCUT2D eigenvalue weighted by Crippen LogP contribution is -2.54. The SMILES string of the molecule is OCC1(CN(Cc2cc(F)ccc2F)C2CCCC2)COC1. The van der Waals surface area contributed by atoms with Gasteiger partial charge in [-0.25, -0.2) is 8.78 Å². The molecule has 0 aromatic heterocycles. The van der Waals surface area contributed by atoms with E-state index in [0.29, 0.717) is 37.9 Å². The predicted octanol–water partition coefficient (Wildman–Crippen LogP) is 2.72. The van der Waals surface area contributed by atoms with E-state index < -0.39 is 5.82 Å². The molecule has 0 spiro atoms. The summed E-state index contributed by atoms with van der Waals surface area (Å²) < 4.78 is 32.6. The Labute approximate surface area is 129 Å². The summed E-state index contributed by atoms with van der Waals surface area (Å²) in [5.74, 6) is -0.779. The van der Waals surface area contributed by atoms with Gasteiger partial charge in [-0.05, 0) is 31.0 Å². The van der Waals surface area contributed by atoms with Crippen LogP contribution in [0.1, 0.15) is 31.2 Å². The lowest BCUT2D eigenvalue weighted by atomic mass is 9.85. The minimum Gasteiger partial charge on any atom is -0.396 e. The zero-order valence-corrected chi connectivity index (χ0v) is 12.7. The fourth-order valence-corrected chi connectivity index (χ4v) is 3.52. The molecule has 0 unspecified atom stereocenters. The average Bonchev–Trinajstić information content (AvgIpc) is 2.99. The Morgan fingerprint density at radius 1 is 1.23 bits per heavy atom. The van der Waals surface area contributed by atoms with Crippen LogP contribution in [0.15, 0.2) is 18.2 Å². The summed E-state index contributed by atoms with van der Waals surface area (Å²) in [6, 6.07) is 3.99. The first-order valence-electron chi connectivity index (χ1n) is 7.98. The molecular formula is C17H23F2NO2. The maximum atomic E-state index is 14.0. The van der Waals surface area contributed by atoms with E-state index in [1.807, 2.05) is 0 Å². The molecule has 1 saturated heterocycles. The molecule has 1 aromatic carbocycles. The third-order valence-corrected chi connectivity index (χ3v) is 4.91. The molecule has 0 bridgehead atoms. The van der Waals surface area contributed by atoms with Crippen molar-refractivity contribution in [2.24, 2.45) is 5.41 Å². The number of benzene rings is 1. The molecule has 0 amide bonds. The number of aliphatic hydroxyl groups is 1. The van der Waals surface area contributed by atoms with Gasteiger partial charge in [0.25, 0.3) is 0 Å². The normalized spacial score (nSPS) is 21.3. The Kier molecular flexibility index (Phi) is 4.76. The van der Waals surface area contributed by atoms with Crippen LogP contribution >= 0.6 is 0 Å². The molecule has 1 aliphatic heterocycles. The molecule has 1 saturated carbocycles. The monoisotopic (exact) mass is 311 g/mol. The second-order valence-electron chi connectivity index (χ2n) is 6.73. The van der Waals surface area contributed by atoms with Gasteiger partial charge in [0.1, 0.15) is 11.6 Å². The third-order valence-electron chi connectivity index (χ3n) is 4.91. The van der Waals surface area contributed by atoms with Crippen LogP contribution in [0.25, 0.3) is 0 Å². The van der Waals surface area contributed by atoms with Gasteiger partial charge in [0, 0.05) is 24.7 Å². The van der Waals surface area contributed by atoms with Crippen molar-refractivity contribution in [2.75, 3.05) is 26.4 Å². The number of rotatable bonds is 6. The van der Waals surface area contributed by atoms with Crippen LogP contribution in [0.5, 0.6) is 0 Å². The van der Waals surface area contributed by atoms with Gasteiger partial charge in [-0.15, -0.1) is 0 Å². The molecule has 122 valence electrons. The van der Waals surface area contributed by atoms with Crippen molar-refractivity contribution in [1.29, 1.82) is 0 Å². The highest BCUT2D eigenvalue weighted by Crippen LogP contribution is 2.33. The van der Waals surface area contributed by atoms with E-state index in [2.05, 4.69) is 4.90 Å². The van der Waals surface area contributed by atoms with Crippen molar-refractivity contribution >= 4 is 0 Å². The first-order valence-corrected chi connectivity index (χ1v) is 7.98. The number of nitrogens with zero attached hydrogens (tertiary/aromatic N) is 1. The standard InChI is InChI=1S/C17H23F2NO2/c18-14-5-6-16(19)13(7-14)8-20(15-3-1-2-4-15)9-17(10-21)11-22-12-17/h5-7,15,21H,1-4,8-12H2. The highest BCUT2D eigenvalue weighted by atomic mass is 19.1. The molecule has 3 rings (SSSR count). The van der Waals surface area contributed by atoms with Gasteiger partial charge in [0.15, 0.2) is 0 Å². The van der Waals surface area contributed by atoms with Gasteiger partial charge >= 0.3 is 0 Å². The minimum atomic E-state index is -0.411. The second kappa shape index (κ2) is 6.60. The van der Waals surface area contributed by atoms with Crippen LogP contribution in [0.2, 0.25) is 0 Å². The molecule has 2 fully saturated rings. The number of aliphatic hydroxyl groups excluding tert-OH is 1. The van der Waals surface area contributed by atoms with E-state index in [4.69, 9.17) is 4.74 Å². The zero-order chi connectivity index (χ0) is 15.6. The van der Waals surface area contributed by atoms with Crippen LogP contribution in [0.3, 0.4) is 0 Å². The number of ether oxygens (including phenoxy) is 1. The van der Waals surface area contributed by atoms with Gasteiger partial charge in [0.05, 0.1) is 25.2 Å². The van der Waals surface area contributed by atoms with E-state index in [0.717, 1.165) is 18.9 Å². The first-order chi connectivity index (χ1) is 10.6. The van der Waals surface area contributed by atoms with E-state index in [9.17, 15) is 13.9 Å². The fourth-order valence-electron chi connectivity index (χ4n) is 3.52. The van der Waals surface area contributed by atoms with Gasteiger partial charge in [0.2, 0.25) is 0 Å². The highest BCUT2D eigenvalue weighted by molar-refractivity contribution is 5.19. The van der Waals surface area contributed by atoms with Crippen molar-refractivity contribution in [3.63, 3.8) is 0 Å². The lowest BCUT2D eigenvalue weighted by Gasteiger charge is -2.45. The molecule has 1 heterocycles. The maximum Gasteiger partial charge on any atom is 0.127 e. The van der Waals surface area contributed by atoms with E-state index in [-0.39, 0.29) is 17.8 Å². The molecule has 2 aliphatic rings. The van der Waals surface area contributed by atoms with Crippen molar-refractivity contribution in [1.82, 2.24) is 4.90 Å². The number of hydrogen-bond donors (Lipinski definition) is 1. The molecule has 1 aliphatic carbocycles. The Balaban J connectivity index is 1.77. The van der Waals surface area contributed by atoms with Crippen LogP contribution in [0.4, 0.5) is 8.78 Å². The van der Waals surface area contributed by atoms with Gasteiger partial charge in [-0.2, -0.15) is 0 Å². The zero-order valence-electron chi connectivity index (χ0n) is 12.7. The van der Waals surface area contributed by atoms with Gasteiger partial charge in [-0.1, -0.05) is 12.8 Å². The van der Waals surface area contributed by atoms with Crippen molar-refractivity contribution < 1.29 is 18.6 Å². The fraction of sp³-hybridized carbons (Fsp3) is 0.647. The summed E-state index contributed by atoms with van der Waals surface area (Å²) in [5, 5.41) is 9.65.